The number of likely N-dealkylation sites (N-methyl/N-ethyl adjacent to an activating group) is 1. The van der Waals surface area contributed by atoms with Crippen LogP contribution in [-0.4, -0.2) is 24.1 Å². The summed E-state index contributed by atoms with van der Waals surface area (Å²) in [7, 11) is 1.67. The summed E-state index contributed by atoms with van der Waals surface area (Å²) in [6, 6.07) is 5.00. The summed E-state index contributed by atoms with van der Waals surface area (Å²) in [5.41, 5.74) is 6.80. The first-order valence-electron chi connectivity index (χ1n) is 5.61. The van der Waals surface area contributed by atoms with Gasteiger partial charge in [0, 0.05) is 4.90 Å². The van der Waals surface area contributed by atoms with E-state index in [1.54, 1.807) is 13.1 Å². The maximum atomic E-state index is 11.6. The van der Waals surface area contributed by atoms with Crippen LogP contribution < -0.4 is 16.4 Å². The number of carbonyl (C=O) groups excluding carboxylic acids is 2. The number of nitrogens with two attached hydrogens (primary N) is 1. The van der Waals surface area contributed by atoms with Gasteiger partial charge in [-0.3, -0.25) is 9.59 Å². The SMILES string of the molecule is CNC(C(N)=O)c1ccc2c(c1)NC(=O)C(C)S2. The Balaban J connectivity index is 2.35. The number of carbonyl (C=O) groups is 2. The minimum Gasteiger partial charge on any atom is -0.368 e. The Bertz CT molecular complexity index is 504. The molecule has 2 atom stereocenters. The third kappa shape index (κ3) is 2.34. The quantitative estimate of drug-likeness (QED) is 0.757. The largest absolute Gasteiger partial charge is 0.368 e. The Hall–Kier alpha value is -1.53. The molecule has 0 aliphatic carbocycles. The zero-order chi connectivity index (χ0) is 13.3. The van der Waals surface area contributed by atoms with E-state index in [4.69, 9.17) is 5.73 Å². The van der Waals surface area contributed by atoms with Crippen LogP contribution >= 0.6 is 11.8 Å². The van der Waals surface area contributed by atoms with Gasteiger partial charge in [0.1, 0.15) is 6.04 Å². The number of primary amides is 1. The van der Waals surface area contributed by atoms with Crippen LogP contribution in [0.3, 0.4) is 0 Å². The van der Waals surface area contributed by atoms with E-state index < -0.39 is 11.9 Å². The van der Waals surface area contributed by atoms with Crippen molar-refractivity contribution in [2.24, 2.45) is 5.73 Å². The van der Waals surface area contributed by atoms with Gasteiger partial charge in [0.25, 0.3) is 0 Å². The Morgan fingerprint density at radius 3 is 2.89 bits per heavy atom. The van der Waals surface area contributed by atoms with Crippen molar-refractivity contribution in [1.82, 2.24) is 5.32 Å². The normalized spacial score (nSPS) is 19.9. The smallest absolute Gasteiger partial charge is 0.239 e. The molecule has 2 amide bonds. The van der Waals surface area contributed by atoms with Crippen molar-refractivity contribution in [3.8, 4) is 0 Å². The molecule has 96 valence electrons. The molecule has 2 unspecified atom stereocenters. The molecular formula is C12H15N3O2S. The maximum absolute atomic E-state index is 11.6. The van der Waals surface area contributed by atoms with Crippen LogP contribution in [0, 0.1) is 0 Å². The second-order valence-electron chi connectivity index (χ2n) is 4.13. The molecule has 2 rings (SSSR count). The number of rotatable bonds is 3. The van der Waals surface area contributed by atoms with Gasteiger partial charge >= 0.3 is 0 Å². The molecule has 1 aromatic rings. The Kier molecular flexibility index (Phi) is 3.58. The van der Waals surface area contributed by atoms with Crippen LogP contribution in [0.25, 0.3) is 0 Å². The third-order valence-corrected chi connectivity index (χ3v) is 4.02. The monoisotopic (exact) mass is 265 g/mol. The number of hydrogen-bond acceptors (Lipinski definition) is 4. The summed E-state index contributed by atoms with van der Waals surface area (Å²) in [5.74, 6) is -0.467. The number of hydrogen-bond donors (Lipinski definition) is 3. The van der Waals surface area contributed by atoms with Gasteiger partial charge in [-0.2, -0.15) is 0 Å². The fourth-order valence-electron chi connectivity index (χ4n) is 1.88. The number of benzene rings is 1. The molecule has 0 saturated heterocycles. The highest BCUT2D eigenvalue weighted by atomic mass is 32.2. The molecule has 0 spiro atoms. The minimum atomic E-state index is -0.545. The summed E-state index contributed by atoms with van der Waals surface area (Å²) in [6.07, 6.45) is 0. The fourth-order valence-corrected chi connectivity index (χ4v) is 2.81. The second-order valence-corrected chi connectivity index (χ2v) is 5.51. The van der Waals surface area contributed by atoms with Crippen LogP contribution in [0.4, 0.5) is 5.69 Å². The van der Waals surface area contributed by atoms with Gasteiger partial charge in [-0.15, -0.1) is 11.8 Å². The summed E-state index contributed by atoms with van der Waals surface area (Å²) < 4.78 is 0. The van der Waals surface area contributed by atoms with Crippen LogP contribution in [0.2, 0.25) is 0 Å². The van der Waals surface area contributed by atoms with Crippen molar-refractivity contribution in [2.45, 2.75) is 23.1 Å². The van der Waals surface area contributed by atoms with Crippen molar-refractivity contribution < 1.29 is 9.59 Å². The Morgan fingerprint density at radius 2 is 2.28 bits per heavy atom. The number of thioether (sulfide) groups is 1. The van der Waals surface area contributed by atoms with Crippen molar-refractivity contribution in [2.75, 3.05) is 12.4 Å². The lowest BCUT2D eigenvalue weighted by atomic mass is 10.1. The van der Waals surface area contributed by atoms with Crippen molar-refractivity contribution >= 4 is 29.3 Å². The molecule has 1 aromatic carbocycles. The summed E-state index contributed by atoms with van der Waals surface area (Å²) in [5, 5.41) is 5.58. The number of fused-ring (bicyclic) bond motifs is 1. The van der Waals surface area contributed by atoms with E-state index in [-0.39, 0.29) is 11.2 Å². The van der Waals surface area contributed by atoms with Gasteiger partial charge in [-0.05, 0) is 31.7 Å². The van der Waals surface area contributed by atoms with Crippen LogP contribution in [-0.2, 0) is 9.59 Å². The molecule has 1 aliphatic rings. The number of nitrogens with one attached hydrogen (secondary N) is 2. The average molecular weight is 265 g/mol. The zero-order valence-electron chi connectivity index (χ0n) is 10.2. The lowest BCUT2D eigenvalue weighted by Gasteiger charge is -2.23. The predicted molar refractivity (Wildman–Crippen MR) is 71.4 cm³/mol. The van der Waals surface area contributed by atoms with E-state index in [9.17, 15) is 9.59 Å². The first kappa shape index (κ1) is 12.9. The molecule has 6 heteroatoms. The molecule has 5 nitrogen and oxygen atoms in total. The summed E-state index contributed by atoms with van der Waals surface area (Å²) >= 11 is 1.51. The second kappa shape index (κ2) is 4.99. The maximum Gasteiger partial charge on any atom is 0.239 e. The summed E-state index contributed by atoms with van der Waals surface area (Å²) in [4.78, 5) is 23.9. The molecule has 0 radical (unpaired) electrons. The molecule has 0 aromatic heterocycles. The highest BCUT2D eigenvalue weighted by molar-refractivity contribution is 8.00. The van der Waals surface area contributed by atoms with Crippen LogP contribution in [0.5, 0.6) is 0 Å². The van der Waals surface area contributed by atoms with E-state index in [1.807, 2.05) is 19.1 Å². The van der Waals surface area contributed by atoms with Gasteiger partial charge in [-0.1, -0.05) is 6.07 Å². The van der Waals surface area contributed by atoms with Crippen LogP contribution in [0.1, 0.15) is 18.5 Å². The minimum absolute atomic E-state index is 0.0234. The first-order valence-corrected chi connectivity index (χ1v) is 6.49. The van der Waals surface area contributed by atoms with Gasteiger partial charge < -0.3 is 16.4 Å². The van der Waals surface area contributed by atoms with E-state index in [0.29, 0.717) is 0 Å². The number of amides is 2. The summed E-state index contributed by atoms with van der Waals surface area (Å²) in [6.45, 7) is 1.86. The molecule has 1 heterocycles. The molecule has 0 bridgehead atoms. The van der Waals surface area contributed by atoms with Gasteiger partial charge in [-0.25, -0.2) is 0 Å². The lowest BCUT2D eigenvalue weighted by molar-refractivity contribution is -0.120. The Morgan fingerprint density at radius 1 is 1.56 bits per heavy atom. The van der Waals surface area contributed by atoms with E-state index >= 15 is 0 Å². The average Bonchev–Trinajstić information content (AvgIpc) is 2.31. The van der Waals surface area contributed by atoms with E-state index in [2.05, 4.69) is 10.6 Å². The van der Waals surface area contributed by atoms with Crippen LogP contribution in [0.15, 0.2) is 23.1 Å². The molecule has 4 N–H and O–H groups in total. The first-order chi connectivity index (χ1) is 8.52. The number of anilines is 1. The van der Waals surface area contributed by atoms with E-state index in [1.165, 1.54) is 11.8 Å². The van der Waals surface area contributed by atoms with Crippen molar-refractivity contribution in [3.05, 3.63) is 23.8 Å². The van der Waals surface area contributed by atoms with Gasteiger partial charge in [0.15, 0.2) is 0 Å². The third-order valence-electron chi connectivity index (χ3n) is 2.84. The highest BCUT2D eigenvalue weighted by Crippen LogP contribution is 2.36. The van der Waals surface area contributed by atoms with Gasteiger partial charge in [0.05, 0.1) is 10.9 Å². The molecule has 0 saturated carbocycles. The zero-order valence-corrected chi connectivity index (χ0v) is 11.0. The standard InChI is InChI=1S/C12H15N3O2S/c1-6-12(17)15-8-5-7(3-4-9(8)18-6)10(14-2)11(13)16/h3-6,10,14H,1-2H3,(H2,13,16)(H,15,17). The molecule has 0 fully saturated rings. The lowest BCUT2D eigenvalue weighted by Crippen LogP contribution is -2.31. The van der Waals surface area contributed by atoms with Gasteiger partial charge in [0.2, 0.25) is 11.8 Å². The topological polar surface area (TPSA) is 84.2 Å². The molecule has 1 aliphatic heterocycles. The van der Waals surface area contributed by atoms with Crippen molar-refractivity contribution in [3.63, 3.8) is 0 Å². The molecular weight excluding hydrogens is 250 g/mol. The van der Waals surface area contributed by atoms with E-state index in [0.717, 1.165) is 16.1 Å². The highest BCUT2D eigenvalue weighted by Gasteiger charge is 2.24. The predicted octanol–water partition coefficient (Wildman–Crippen LogP) is 0.865. The molecule has 18 heavy (non-hydrogen) atoms. The van der Waals surface area contributed by atoms with Crippen molar-refractivity contribution in [1.29, 1.82) is 0 Å². The Labute approximate surface area is 110 Å². The fraction of sp³-hybridized carbons (Fsp3) is 0.333.